The second kappa shape index (κ2) is 10.4. The number of carbonyl (C=O) groups excluding carboxylic acids is 1. The Kier molecular flexibility index (Phi) is 6.62. The first-order valence-corrected chi connectivity index (χ1v) is 13.3. The maximum absolute atomic E-state index is 13.7. The lowest BCUT2D eigenvalue weighted by atomic mass is 10.00. The van der Waals surface area contributed by atoms with Gasteiger partial charge >= 0.3 is 0 Å². The van der Waals surface area contributed by atoms with Crippen molar-refractivity contribution in [1.82, 2.24) is 24.6 Å². The van der Waals surface area contributed by atoms with E-state index < -0.39 is 0 Å². The van der Waals surface area contributed by atoms with Gasteiger partial charge < -0.3 is 14.6 Å². The van der Waals surface area contributed by atoms with Crippen molar-refractivity contribution >= 4 is 27.7 Å². The van der Waals surface area contributed by atoms with E-state index in [9.17, 15) is 9.59 Å². The zero-order valence-electron chi connectivity index (χ0n) is 22.2. The van der Waals surface area contributed by atoms with E-state index >= 15 is 0 Å². The molecule has 6 rings (SSSR count). The minimum atomic E-state index is -0.289. The van der Waals surface area contributed by atoms with Crippen LogP contribution in [0.5, 0.6) is 5.75 Å². The van der Waals surface area contributed by atoms with E-state index in [1.165, 1.54) is 15.8 Å². The van der Waals surface area contributed by atoms with Crippen LogP contribution in [0.1, 0.15) is 28.0 Å². The van der Waals surface area contributed by atoms with Gasteiger partial charge in [-0.2, -0.15) is 9.78 Å². The average Bonchev–Trinajstić information content (AvgIpc) is 3.28. The van der Waals surface area contributed by atoms with Crippen LogP contribution in [-0.2, 0) is 20.0 Å². The molecule has 5 aromatic rings. The van der Waals surface area contributed by atoms with Crippen molar-refractivity contribution in [3.63, 3.8) is 0 Å². The fourth-order valence-electron chi connectivity index (χ4n) is 5.57. The molecule has 2 aromatic heterocycles. The molecule has 1 aliphatic heterocycles. The van der Waals surface area contributed by atoms with E-state index in [0.717, 1.165) is 43.4 Å². The summed E-state index contributed by atoms with van der Waals surface area (Å²) >= 11 is 0. The van der Waals surface area contributed by atoms with Crippen LogP contribution in [0.3, 0.4) is 0 Å². The molecule has 0 saturated heterocycles. The van der Waals surface area contributed by atoms with Gasteiger partial charge in [-0.3, -0.25) is 14.5 Å². The van der Waals surface area contributed by atoms with Crippen molar-refractivity contribution in [2.24, 2.45) is 7.05 Å². The van der Waals surface area contributed by atoms with Gasteiger partial charge in [0.1, 0.15) is 11.3 Å². The fraction of sp³-hybridized carbons (Fsp3) is 0.258. The maximum Gasteiger partial charge on any atom is 0.296 e. The summed E-state index contributed by atoms with van der Waals surface area (Å²) in [5, 5.41) is 9.09. The number of aryl methyl sites for hydroxylation is 1. The molecule has 0 atom stereocenters. The topological polar surface area (TPSA) is 81.4 Å². The third kappa shape index (κ3) is 4.57. The minimum Gasteiger partial charge on any atom is -0.497 e. The molecule has 0 aliphatic carbocycles. The predicted molar refractivity (Wildman–Crippen MR) is 153 cm³/mol. The molecule has 0 fully saturated rings. The number of fused-ring (bicyclic) bond motifs is 4. The summed E-state index contributed by atoms with van der Waals surface area (Å²) in [7, 11) is 3.44. The molecule has 1 N–H and O–H groups in total. The smallest absolute Gasteiger partial charge is 0.296 e. The summed E-state index contributed by atoms with van der Waals surface area (Å²) in [6, 6.07) is 23.4. The van der Waals surface area contributed by atoms with Crippen LogP contribution in [-0.4, -0.2) is 51.9 Å². The third-order valence-electron chi connectivity index (χ3n) is 7.62. The molecule has 0 unspecified atom stereocenters. The summed E-state index contributed by atoms with van der Waals surface area (Å²) in [6.07, 6.45) is 1.88. The molecule has 3 aromatic carbocycles. The highest BCUT2D eigenvalue weighted by atomic mass is 16.5. The monoisotopic (exact) mass is 521 g/mol. The molecular formula is C31H31N5O3. The van der Waals surface area contributed by atoms with Crippen molar-refractivity contribution in [3.05, 3.63) is 100.0 Å². The van der Waals surface area contributed by atoms with Gasteiger partial charge in [0, 0.05) is 49.5 Å². The number of rotatable bonds is 7. The Balaban J connectivity index is 1.28. The first kappa shape index (κ1) is 24.9. The van der Waals surface area contributed by atoms with Gasteiger partial charge in [-0.05, 0) is 54.3 Å². The molecule has 0 bridgehead atoms. The quantitative estimate of drug-likeness (QED) is 0.327. The fourth-order valence-corrected chi connectivity index (χ4v) is 5.57. The van der Waals surface area contributed by atoms with E-state index in [0.29, 0.717) is 28.9 Å². The van der Waals surface area contributed by atoms with Crippen molar-refractivity contribution < 1.29 is 9.53 Å². The van der Waals surface area contributed by atoms with Crippen LogP contribution < -0.4 is 15.6 Å². The van der Waals surface area contributed by atoms with Crippen LogP contribution >= 0.6 is 0 Å². The molecule has 198 valence electrons. The number of ether oxygens (including phenoxy) is 1. The van der Waals surface area contributed by atoms with Gasteiger partial charge in [-0.1, -0.05) is 42.5 Å². The van der Waals surface area contributed by atoms with Gasteiger partial charge in [0.25, 0.3) is 11.5 Å². The number of hydrogen-bond donors (Lipinski definition) is 1. The molecule has 3 heterocycles. The number of methoxy groups -OCH3 is 1. The molecule has 0 saturated carbocycles. The predicted octanol–water partition coefficient (Wildman–Crippen LogP) is 4.06. The zero-order valence-corrected chi connectivity index (χ0v) is 22.2. The first-order valence-electron chi connectivity index (χ1n) is 13.3. The highest BCUT2D eigenvalue weighted by molar-refractivity contribution is 6.16. The third-order valence-corrected chi connectivity index (χ3v) is 7.62. The molecule has 1 aliphatic rings. The molecule has 8 nitrogen and oxygen atoms in total. The molecule has 8 heteroatoms. The SMILES string of the molecule is COc1ccc(-n2nc(C(=O)NCCCN3CCc4ccccc4C3)c3c4ccccc4n(C)c3c2=O)cc1. The van der Waals surface area contributed by atoms with Gasteiger partial charge in [0.2, 0.25) is 0 Å². The summed E-state index contributed by atoms with van der Waals surface area (Å²) < 4.78 is 8.42. The van der Waals surface area contributed by atoms with Crippen molar-refractivity contribution in [2.45, 2.75) is 19.4 Å². The lowest BCUT2D eigenvalue weighted by Gasteiger charge is -2.28. The second-order valence-electron chi connectivity index (χ2n) is 9.97. The van der Waals surface area contributed by atoms with Crippen molar-refractivity contribution in [1.29, 1.82) is 0 Å². The van der Waals surface area contributed by atoms with Gasteiger partial charge in [0.15, 0.2) is 5.69 Å². The number of carbonyl (C=O) groups is 1. The maximum atomic E-state index is 13.7. The molecule has 0 spiro atoms. The summed E-state index contributed by atoms with van der Waals surface area (Å²) in [4.78, 5) is 29.7. The second-order valence-corrected chi connectivity index (χ2v) is 9.97. The summed E-state index contributed by atoms with van der Waals surface area (Å²) in [5.41, 5.74) is 4.65. The zero-order chi connectivity index (χ0) is 26.9. The Bertz CT molecular complexity index is 1740. The van der Waals surface area contributed by atoms with Gasteiger partial charge in [-0.25, -0.2) is 0 Å². The number of nitrogens with one attached hydrogen (secondary N) is 1. The molecule has 1 amide bonds. The first-order chi connectivity index (χ1) is 19.0. The van der Waals surface area contributed by atoms with Crippen molar-refractivity contribution in [3.8, 4) is 11.4 Å². The Morgan fingerprint density at radius 3 is 2.54 bits per heavy atom. The van der Waals surface area contributed by atoms with Crippen LogP contribution in [0, 0.1) is 0 Å². The molecule has 39 heavy (non-hydrogen) atoms. The molecule has 0 radical (unpaired) electrons. The number of benzene rings is 3. The van der Waals surface area contributed by atoms with Crippen LogP contribution in [0.4, 0.5) is 0 Å². The highest BCUT2D eigenvalue weighted by Crippen LogP contribution is 2.28. The standard InChI is InChI=1S/C31H31N5O3/c1-34-26-11-6-5-10-25(26)27-28(33-36(31(38)29(27)34)23-12-14-24(39-2)15-13-23)30(37)32-17-7-18-35-19-16-21-8-3-4-9-22(21)20-35/h3-6,8-15H,7,16-20H2,1-2H3,(H,32,37). The number of amides is 1. The van der Waals surface area contributed by atoms with E-state index in [-0.39, 0.29) is 17.2 Å². The summed E-state index contributed by atoms with van der Waals surface area (Å²) in [6.45, 7) is 3.38. The lowest BCUT2D eigenvalue weighted by Crippen LogP contribution is -2.34. The van der Waals surface area contributed by atoms with Crippen LogP contribution in [0.2, 0.25) is 0 Å². The lowest BCUT2D eigenvalue weighted by molar-refractivity contribution is 0.0946. The van der Waals surface area contributed by atoms with Crippen LogP contribution in [0.25, 0.3) is 27.5 Å². The number of nitrogens with zero attached hydrogens (tertiary/aromatic N) is 4. The minimum absolute atomic E-state index is 0.240. The summed E-state index contributed by atoms with van der Waals surface area (Å²) in [5.74, 6) is 0.384. The van der Waals surface area contributed by atoms with E-state index in [1.807, 2.05) is 35.9 Å². The van der Waals surface area contributed by atoms with Gasteiger partial charge in [0.05, 0.1) is 12.8 Å². The number of para-hydroxylation sites is 1. The Morgan fingerprint density at radius 1 is 1.00 bits per heavy atom. The number of aromatic nitrogens is 3. The Morgan fingerprint density at radius 2 is 1.74 bits per heavy atom. The van der Waals surface area contributed by atoms with E-state index in [4.69, 9.17) is 4.74 Å². The molecular weight excluding hydrogens is 490 g/mol. The number of hydrogen-bond acceptors (Lipinski definition) is 5. The van der Waals surface area contributed by atoms with Crippen LogP contribution in [0.15, 0.2) is 77.6 Å². The van der Waals surface area contributed by atoms with E-state index in [1.54, 1.807) is 31.4 Å². The normalized spacial score (nSPS) is 13.5. The highest BCUT2D eigenvalue weighted by Gasteiger charge is 2.23. The Hall–Kier alpha value is -4.43. The van der Waals surface area contributed by atoms with E-state index in [2.05, 4.69) is 39.6 Å². The van der Waals surface area contributed by atoms with Crippen molar-refractivity contribution in [2.75, 3.05) is 26.7 Å². The Labute approximate surface area is 226 Å². The average molecular weight is 522 g/mol. The largest absolute Gasteiger partial charge is 0.497 e. The van der Waals surface area contributed by atoms with Gasteiger partial charge in [-0.15, -0.1) is 0 Å².